The Balaban J connectivity index is 1.27. The van der Waals surface area contributed by atoms with Crippen molar-refractivity contribution in [2.75, 3.05) is 23.7 Å². The highest BCUT2D eigenvalue weighted by Crippen LogP contribution is 2.29. The predicted molar refractivity (Wildman–Crippen MR) is 126 cm³/mol. The van der Waals surface area contributed by atoms with Crippen LogP contribution in [0.3, 0.4) is 0 Å². The standard InChI is InChI=1S/C24H29N5O2S/c1-17-13-18(2)15-28(14-17)23-26-27-24(29(23)16-19-7-5-11-30-19)32-12-6-10-22-25-20-8-3-4-9-21(20)31-22/h3-5,7-9,11,17-18H,6,10,12-16H2,1-2H3/t17-,18+. The van der Waals surface area contributed by atoms with Gasteiger partial charge in [0.2, 0.25) is 5.95 Å². The van der Waals surface area contributed by atoms with Crippen LogP contribution in [0, 0.1) is 11.8 Å². The lowest BCUT2D eigenvalue weighted by Gasteiger charge is -2.35. The number of furan rings is 1. The second-order valence-corrected chi connectivity index (χ2v) is 9.89. The minimum absolute atomic E-state index is 0.641. The second-order valence-electron chi connectivity index (χ2n) is 8.83. The SMILES string of the molecule is C[C@@H]1C[C@H](C)CN(c2nnc(SCCCc3nc4ccccc4o3)n2Cc2ccco2)C1. The molecule has 3 aromatic heterocycles. The lowest BCUT2D eigenvalue weighted by Crippen LogP contribution is -2.40. The Morgan fingerprint density at radius 3 is 2.69 bits per heavy atom. The normalized spacial score (nSPS) is 19.1. The molecule has 1 fully saturated rings. The number of aromatic nitrogens is 4. The molecule has 2 atom stereocenters. The van der Waals surface area contributed by atoms with Crippen LogP contribution in [0.5, 0.6) is 0 Å². The van der Waals surface area contributed by atoms with E-state index in [2.05, 4.69) is 38.5 Å². The molecular weight excluding hydrogens is 422 g/mol. The summed E-state index contributed by atoms with van der Waals surface area (Å²) < 4.78 is 13.7. The zero-order chi connectivity index (χ0) is 21.9. The summed E-state index contributed by atoms with van der Waals surface area (Å²) in [6, 6.07) is 11.8. The van der Waals surface area contributed by atoms with E-state index >= 15 is 0 Å². The van der Waals surface area contributed by atoms with Crippen LogP contribution in [0.2, 0.25) is 0 Å². The molecule has 0 radical (unpaired) electrons. The van der Waals surface area contributed by atoms with Gasteiger partial charge in [-0.1, -0.05) is 37.7 Å². The van der Waals surface area contributed by atoms with E-state index in [0.717, 1.165) is 65.5 Å². The van der Waals surface area contributed by atoms with E-state index in [4.69, 9.17) is 8.83 Å². The first-order valence-electron chi connectivity index (χ1n) is 11.3. The largest absolute Gasteiger partial charge is 0.467 e. The molecule has 0 bridgehead atoms. The molecule has 0 saturated carbocycles. The molecule has 1 saturated heterocycles. The summed E-state index contributed by atoms with van der Waals surface area (Å²) >= 11 is 1.73. The van der Waals surface area contributed by atoms with Crippen LogP contribution in [0.25, 0.3) is 11.1 Å². The van der Waals surface area contributed by atoms with E-state index in [1.807, 2.05) is 36.4 Å². The summed E-state index contributed by atoms with van der Waals surface area (Å²) in [5.74, 6) is 4.88. The third-order valence-electron chi connectivity index (χ3n) is 5.85. The average Bonchev–Trinajstić information content (AvgIpc) is 3.51. The quantitative estimate of drug-likeness (QED) is 0.267. The van der Waals surface area contributed by atoms with Crippen LogP contribution < -0.4 is 4.90 Å². The summed E-state index contributed by atoms with van der Waals surface area (Å²) in [6.45, 7) is 7.31. The van der Waals surface area contributed by atoms with Gasteiger partial charge in [-0.3, -0.25) is 4.57 Å². The third kappa shape index (κ3) is 4.70. The maximum absolute atomic E-state index is 5.85. The number of para-hydroxylation sites is 2. The van der Waals surface area contributed by atoms with E-state index in [0.29, 0.717) is 18.4 Å². The van der Waals surface area contributed by atoms with E-state index in [9.17, 15) is 0 Å². The molecule has 0 aliphatic carbocycles. The molecule has 0 N–H and O–H groups in total. The minimum atomic E-state index is 0.641. The Kier molecular flexibility index (Phi) is 6.21. The molecule has 8 heteroatoms. The summed E-state index contributed by atoms with van der Waals surface area (Å²) in [7, 11) is 0. The van der Waals surface area contributed by atoms with E-state index in [1.165, 1.54) is 6.42 Å². The number of hydrogen-bond acceptors (Lipinski definition) is 7. The molecule has 1 aromatic carbocycles. The van der Waals surface area contributed by atoms with Crippen molar-refractivity contribution in [2.45, 2.75) is 44.8 Å². The van der Waals surface area contributed by atoms with E-state index in [-0.39, 0.29) is 0 Å². The summed E-state index contributed by atoms with van der Waals surface area (Å²) in [5, 5.41) is 10.1. The van der Waals surface area contributed by atoms with Gasteiger partial charge in [-0.2, -0.15) is 0 Å². The van der Waals surface area contributed by atoms with Crippen LogP contribution in [-0.4, -0.2) is 38.6 Å². The Morgan fingerprint density at radius 2 is 1.91 bits per heavy atom. The molecule has 4 aromatic rings. The molecule has 5 rings (SSSR count). The highest BCUT2D eigenvalue weighted by Gasteiger charge is 2.27. The number of oxazole rings is 1. The van der Waals surface area contributed by atoms with Crippen molar-refractivity contribution in [3.05, 3.63) is 54.3 Å². The van der Waals surface area contributed by atoms with Gasteiger partial charge in [0, 0.05) is 25.3 Å². The highest BCUT2D eigenvalue weighted by molar-refractivity contribution is 7.99. The molecule has 1 aliphatic rings. The Bertz CT molecular complexity index is 1110. The molecule has 4 heterocycles. The van der Waals surface area contributed by atoms with Crippen LogP contribution in [0.15, 0.2) is 56.7 Å². The number of thioether (sulfide) groups is 1. The molecule has 1 aliphatic heterocycles. The van der Waals surface area contributed by atoms with Gasteiger partial charge < -0.3 is 13.7 Å². The van der Waals surface area contributed by atoms with Gasteiger partial charge >= 0.3 is 0 Å². The van der Waals surface area contributed by atoms with Crippen molar-refractivity contribution < 1.29 is 8.83 Å². The highest BCUT2D eigenvalue weighted by atomic mass is 32.2. The summed E-state index contributed by atoms with van der Waals surface area (Å²) in [4.78, 5) is 6.96. The van der Waals surface area contributed by atoms with Crippen molar-refractivity contribution in [1.29, 1.82) is 0 Å². The first-order valence-corrected chi connectivity index (χ1v) is 12.3. The van der Waals surface area contributed by atoms with Gasteiger partial charge in [-0.25, -0.2) is 4.98 Å². The minimum Gasteiger partial charge on any atom is -0.467 e. The van der Waals surface area contributed by atoms with Gasteiger partial charge in [0.25, 0.3) is 0 Å². The van der Waals surface area contributed by atoms with Crippen molar-refractivity contribution in [2.24, 2.45) is 11.8 Å². The van der Waals surface area contributed by atoms with Gasteiger partial charge in [-0.15, -0.1) is 10.2 Å². The fraction of sp³-hybridized carbons (Fsp3) is 0.458. The van der Waals surface area contributed by atoms with E-state index in [1.54, 1.807) is 18.0 Å². The molecule has 32 heavy (non-hydrogen) atoms. The van der Waals surface area contributed by atoms with Gasteiger partial charge in [0.15, 0.2) is 16.6 Å². The molecular formula is C24H29N5O2S. The number of fused-ring (bicyclic) bond motifs is 1. The lowest BCUT2D eigenvalue weighted by molar-refractivity contribution is 0.350. The van der Waals surface area contributed by atoms with Crippen LogP contribution in [0.4, 0.5) is 5.95 Å². The Hall–Kier alpha value is -2.74. The number of hydrogen-bond donors (Lipinski definition) is 0. The maximum atomic E-state index is 5.85. The fourth-order valence-corrected chi connectivity index (χ4v) is 5.43. The first kappa shape index (κ1) is 21.1. The summed E-state index contributed by atoms with van der Waals surface area (Å²) in [6.07, 6.45) is 4.75. The number of aryl methyl sites for hydroxylation is 1. The lowest BCUT2D eigenvalue weighted by atomic mass is 9.92. The summed E-state index contributed by atoms with van der Waals surface area (Å²) in [5.41, 5.74) is 1.77. The van der Waals surface area contributed by atoms with Gasteiger partial charge in [0.05, 0.1) is 12.8 Å². The number of piperidine rings is 1. The molecule has 0 spiro atoms. The number of benzene rings is 1. The Morgan fingerprint density at radius 1 is 1.06 bits per heavy atom. The van der Waals surface area contributed by atoms with Gasteiger partial charge in [0.1, 0.15) is 11.3 Å². The zero-order valence-electron chi connectivity index (χ0n) is 18.6. The van der Waals surface area contributed by atoms with Crippen molar-refractivity contribution in [3.63, 3.8) is 0 Å². The number of rotatable bonds is 8. The zero-order valence-corrected chi connectivity index (χ0v) is 19.4. The Labute approximate surface area is 192 Å². The maximum Gasteiger partial charge on any atom is 0.228 e. The molecule has 0 amide bonds. The molecule has 0 unspecified atom stereocenters. The second kappa shape index (κ2) is 9.40. The topological polar surface area (TPSA) is 73.1 Å². The van der Waals surface area contributed by atoms with E-state index < -0.39 is 0 Å². The van der Waals surface area contributed by atoms with Crippen molar-refractivity contribution >= 4 is 28.8 Å². The predicted octanol–water partition coefficient (Wildman–Crippen LogP) is 5.27. The first-order chi connectivity index (χ1) is 15.7. The fourth-order valence-electron chi connectivity index (χ4n) is 4.56. The van der Waals surface area contributed by atoms with Crippen molar-refractivity contribution in [3.8, 4) is 0 Å². The number of anilines is 1. The molecule has 7 nitrogen and oxygen atoms in total. The van der Waals surface area contributed by atoms with Gasteiger partial charge in [-0.05, 0) is 48.9 Å². The average molecular weight is 452 g/mol. The number of nitrogens with zero attached hydrogens (tertiary/aromatic N) is 5. The van der Waals surface area contributed by atoms with Crippen LogP contribution in [-0.2, 0) is 13.0 Å². The smallest absolute Gasteiger partial charge is 0.228 e. The van der Waals surface area contributed by atoms with Crippen molar-refractivity contribution in [1.82, 2.24) is 19.7 Å². The third-order valence-corrected chi connectivity index (χ3v) is 6.90. The van der Waals surface area contributed by atoms with Crippen LogP contribution in [0.1, 0.15) is 38.3 Å². The monoisotopic (exact) mass is 451 g/mol. The van der Waals surface area contributed by atoms with Crippen LogP contribution >= 0.6 is 11.8 Å². The molecule has 168 valence electrons.